The third-order valence-electron chi connectivity index (χ3n) is 3.89. The Balaban J connectivity index is 2.15. The summed E-state index contributed by atoms with van der Waals surface area (Å²) in [5.74, 6) is -0.209. The summed E-state index contributed by atoms with van der Waals surface area (Å²) in [7, 11) is 0. The van der Waals surface area contributed by atoms with Crippen LogP contribution in [0.25, 0.3) is 0 Å². The molecule has 1 saturated heterocycles. The van der Waals surface area contributed by atoms with Gasteiger partial charge in [0.05, 0.1) is 4.47 Å². The van der Waals surface area contributed by atoms with Crippen LogP contribution >= 0.6 is 15.9 Å². The van der Waals surface area contributed by atoms with Gasteiger partial charge in [-0.3, -0.25) is 4.90 Å². The Labute approximate surface area is 116 Å². The van der Waals surface area contributed by atoms with E-state index in [9.17, 15) is 4.39 Å². The number of nitrogens with zero attached hydrogens (tertiary/aromatic N) is 1. The Kier molecular flexibility index (Phi) is 4.41. The summed E-state index contributed by atoms with van der Waals surface area (Å²) in [4.78, 5) is 2.45. The first-order valence-electron chi connectivity index (χ1n) is 6.45. The predicted octanol–water partition coefficient (Wildman–Crippen LogP) is 3.46. The van der Waals surface area contributed by atoms with Gasteiger partial charge >= 0.3 is 0 Å². The van der Waals surface area contributed by atoms with Gasteiger partial charge in [0.2, 0.25) is 0 Å². The molecule has 1 aliphatic rings. The number of nitrogens with two attached hydrogens (primary N) is 1. The van der Waals surface area contributed by atoms with E-state index in [1.54, 1.807) is 0 Å². The Hall–Kier alpha value is -0.450. The first-order chi connectivity index (χ1) is 8.49. The Morgan fingerprint density at radius 1 is 1.50 bits per heavy atom. The van der Waals surface area contributed by atoms with Gasteiger partial charge in [0.1, 0.15) is 5.82 Å². The molecule has 2 rings (SSSR count). The van der Waals surface area contributed by atoms with Crippen LogP contribution in [0.2, 0.25) is 0 Å². The number of benzene rings is 1. The number of rotatable bonds is 2. The van der Waals surface area contributed by atoms with Crippen LogP contribution < -0.4 is 5.73 Å². The monoisotopic (exact) mass is 314 g/mol. The molecular weight excluding hydrogens is 295 g/mol. The van der Waals surface area contributed by atoms with Crippen molar-refractivity contribution in [1.29, 1.82) is 0 Å². The Morgan fingerprint density at radius 2 is 2.22 bits per heavy atom. The summed E-state index contributed by atoms with van der Waals surface area (Å²) in [6, 6.07) is 6.36. The zero-order chi connectivity index (χ0) is 13.3. The first-order valence-corrected chi connectivity index (χ1v) is 7.24. The SMILES string of the molecule is CC1CC(N)CCN1C(C)c1ccc(F)c(Br)c1. The second-order valence-electron chi connectivity index (χ2n) is 5.22. The molecule has 100 valence electrons. The van der Waals surface area contributed by atoms with Crippen molar-refractivity contribution in [2.45, 2.75) is 44.8 Å². The number of halogens is 2. The lowest BCUT2D eigenvalue weighted by molar-refractivity contribution is 0.104. The number of piperidine rings is 1. The third-order valence-corrected chi connectivity index (χ3v) is 4.50. The van der Waals surface area contributed by atoms with E-state index in [1.165, 1.54) is 6.07 Å². The van der Waals surface area contributed by atoms with E-state index in [2.05, 4.69) is 34.7 Å². The van der Waals surface area contributed by atoms with Crippen molar-refractivity contribution in [3.63, 3.8) is 0 Å². The standard InChI is InChI=1S/C14H20BrFN2/c1-9-7-12(17)5-6-18(9)10(2)11-3-4-14(16)13(15)8-11/h3-4,8-10,12H,5-7,17H2,1-2H3. The molecule has 1 aliphatic heterocycles. The summed E-state index contributed by atoms with van der Waals surface area (Å²) < 4.78 is 13.8. The van der Waals surface area contributed by atoms with Crippen LogP contribution in [0.4, 0.5) is 4.39 Å². The highest BCUT2D eigenvalue weighted by Crippen LogP contribution is 2.29. The predicted molar refractivity (Wildman–Crippen MR) is 75.9 cm³/mol. The maximum absolute atomic E-state index is 13.3. The van der Waals surface area contributed by atoms with Crippen molar-refractivity contribution in [3.8, 4) is 0 Å². The van der Waals surface area contributed by atoms with E-state index in [-0.39, 0.29) is 5.82 Å². The van der Waals surface area contributed by atoms with E-state index in [4.69, 9.17) is 5.73 Å². The smallest absolute Gasteiger partial charge is 0.137 e. The molecule has 0 bridgehead atoms. The van der Waals surface area contributed by atoms with Gasteiger partial charge in [-0.05, 0) is 60.3 Å². The van der Waals surface area contributed by atoms with E-state index in [0.717, 1.165) is 24.9 Å². The van der Waals surface area contributed by atoms with Gasteiger partial charge in [-0.15, -0.1) is 0 Å². The maximum Gasteiger partial charge on any atom is 0.137 e. The minimum Gasteiger partial charge on any atom is -0.328 e. The van der Waals surface area contributed by atoms with Crippen LogP contribution in [-0.2, 0) is 0 Å². The number of likely N-dealkylation sites (tertiary alicyclic amines) is 1. The first kappa shape index (κ1) is 14.0. The minimum atomic E-state index is -0.209. The van der Waals surface area contributed by atoms with Crippen molar-refractivity contribution in [2.75, 3.05) is 6.54 Å². The molecule has 0 amide bonds. The van der Waals surface area contributed by atoms with Crippen molar-refractivity contribution in [3.05, 3.63) is 34.1 Å². The zero-order valence-corrected chi connectivity index (χ0v) is 12.5. The van der Waals surface area contributed by atoms with Gasteiger partial charge in [0.15, 0.2) is 0 Å². The molecular formula is C14H20BrFN2. The molecule has 18 heavy (non-hydrogen) atoms. The van der Waals surface area contributed by atoms with Crippen LogP contribution in [-0.4, -0.2) is 23.5 Å². The van der Waals surface area contributed by atoms with Gasteiger partial charge in [-0.1, -0.05) is 6.07 Å². The number of hydrogen-bond donors (Lipinski definition) is 1. The molecule has 0 aliphatic carbocycles. The summed E-state index contributed by atoms with van der Waals surface area (Å²) in [6.07, 6.45) is 2.07. The highest BCUT2D eigenvalue weighted by Gasteiger charge is 2.27. The molecule has 1 aromatic carbocycles. The van der Waals surface area contributed by atoms with Crippen molar-refractivity contribution >= 4 is 15.9 Å². The average Bonchev–Trinajstić information content (AvgIpc) is 2.32. The normalized spacial score (nSPS) is 27.2. The molecule has 2 N–H and O–H groups in total. The van der Waals surface area contributed by atoms with E-state index < -0.39 is 0 Å². The molecule has 0 saturated carbocycles. The third kappa shape index (κ3) is 2.92. The summed E-state index contributed by atoms with van der Waals surface area (Å²) >= 11 is 3.25. The lowest BCUT2D eigenvalue weighted by atomic mass is 9.95. The molecule has 1 aromatic rings. The fraction of sp³-hybridized carbons (Fsp3) is 0.571. The quantitative estimate of drug-likeness (QED) is 0.905. The van der Waals surface area contributed by atoms with E-state index in [0.29, 0.717) is 22.6 Å². The summed E-state index contributed by atoms with van der Waals surface area (Å²) in [6.45, 7) is 5.40. The molecule has 2 nitrogen and oxygen atoms in total. The lowest BCUT2D eigenvalue weighted by Gasteiger charge is -2.40. The van der Waals surface area contributed by atoms with Gasteiger partial charge in [-0.2, -0.15) is 0 Å². The van der Waals surface area contributed by atoms with Crippen molar-refractivity contribution in [2.24, 2.45) is 5.73 Å². The number of hydrogen-bond acceptors (Lipinski definition) is 2. The largest absolute Gasteiger partial charge is 0.328 e. The minimum absolute atomic E-state index is 0.209. The fourth-order valence-corrected chi connectivity index (χ4v) is 3.16. The van der Waals surface area contributed by atoms with Crippen molar-refractivity contribution < 1.29 is 4.39 Å². The lowest BCUT2D eigenvalue weighted by Crippen LogP contribution is -2.46. The van der Waals surface area contributed by atoms with E-state index in [1.807, 2.05) is 12.1 Å². The fourth-order valence-electron chi connectivity index (χ4n) is 2.77. The van der Waals surface area contributed by atoms with Crippen LogP contribution in [0.15, 0.2) is 22.7 Å². The molecule has 1 fully saturated rings. The second-order valence-corrected chi connectivity index (χ2v) is 6.08. The van der Waals surface area contributed by atoms with Crippen LogP contribution in [0.3, 0.4) is 0 Å². The van der Waals surface area contributed by atoms with Gasteiger partial charge in [0, 0.05) is 24.7 Å². The molecule has 3 unspecified atom stereocenters. The van der Waals surface area contributed by atoms with Gasteiger partial charge in [-0.25, -0.2) is 4.39 Å². The zero-order valence-electron chi connectivity index (χ0n) is 10.9. The maximum atomic E-state index is 13.3. The van der Waals surface area contributed by atoms with Gasteiger partial charge < -0.3 is 5.73 Å². The van der Waals surface area contributed by atoms with Crippen LogP contribution in [0.5, 0.6) is 0 Å². The summed E-state index contributed by atoms with van der Waals surface area (Å²) in [5.41, 5.74) is 7.13. The molecule has 4 heteroatoms. The Morgan fingerprint density at radius 3 is 2.83 bits per heavy atom. The molecule has 0 radical (unpaired) electrons. The molecule has 1 heterocycles. The molecule has 3 atom stereocenters. The van der Waals surface area contributed by atoms with Crippen LogP contribution in [0.1, 0.15) is 38.3 Å². The average molecular weight is 315 g/mol. The Bertz CT molecular complexity index is 424. The van der Waals surface area contributed by atoms with Crippen LogP contribution in [0, 0.1) is 5.82 Å². The molecule has 0 aromatic heterocycles. The van der Waals surface area contributed by atoms with Crippen molar-refractivity contribution in [1.82, 2.24) is 4.90 Å². The second kappa shape index (κ2) is 5.68. The highest BCUT2D eigenvalue weighted by molar-refractivity contribution is 9.10. The summed E-state index contributed by atoms with van der Waals surface area (Å²) in [5, 5.41) is 0. The van der Waals surface area contributed by atoms with Gasteiger partial charge in [0.25, 0.3) is 0 Å². The topological polar surface area (TPSA) is 29.3 Å². The van der Waals surface area contributed by atoms with E-state index >= 15 is 0 Å². The highest BCUT2D eigenvalue weighted by atomic mass is 79.9. The molecule has 0 spiro atoms.